The van der Waals surface area contributed by atoms with Gasteiger partial charge in [-0.2, -0.15) is 0 Å². The second-order valence-electron chi connectivity index (χ2n) is 7.79. The van der Waals surface area contributed by atoms with Gasteiger partial charge in [-0.1, -0.05) is 34.6 Å². The fourth-order valence-electron chi connectivity index (χ4n) is 3.17. The molecule has 2 aliphatic rings. The van der Waals surface area contributed by atoms with Gasteiger partial charge in [0, 0.05) is 0 Å². The topological polar surface area (TPSA) is 52.6 Å². The van der Waals surface area contributed by atoms with E-state index in [1.807, 2.05) is 0 Å². The Balaban J connectivity index is 2.05. The Labute approximate surface area is 114 Å². The van der Waals surface area contributed by atoms with Crippen LogP contribution in [0.15, 0.2) is 0 Å². The van der Waals surface area contributed by atoms with Crippen molar-refractivity contribution in [2.24, 2.45) is 16.2 Å². The van der Waals surface area contributed by atoms with Gasteiger partial charge in [0.15, 0.2) is 0 Å². The highest BCUT2D eigenvalue weighted by Gasteiger charge is 2.68. The van der Waals surface area contributed by atoms with E-state index in [1.165, 1.54) is 0 Å². The predicted octanol–water partition coefficient (Wildman–Crippen LogP) is 2.70. The Hall–Kier alpha value is -1.06. The molecule has 0 aromatic heterocycles. The van der Waals surface area contributed by atoms with Crippen LogP contribution in [0, 0.1) is 16.2 Å². The second kappa shape index (κ2) is 4.22. The molecule has 4 heteroatoms. The van der Waals surface area contributed by atoms with Crippen molar-refractivity contribution in [1.29, 1.82) is 0 Å². The van der Waals surface area contributed by atoms with E-state index in [4.69, 9.17) is 9.47 Å². The molecule has 2 fully saturated rings. The molecule has 1 saturated carbocycles. The number of carbonyl (C=O) groups excluding carboxylic acids is 2. The number of hydrogen-bond acceptors (Lipinski definition) is 4. The van der Waals surface area contributed by atoms with Crippen LogP contribution in [0.4, 0.5) is 0 Å². The van der Waals surface area contributed by atoms with Gasteiger partial charge in [-0.15, -0.1) is 0 Å². The molecule has 0 amide bonds. The van der Waals surface area contributed by atoms with Crippen LogP contribution in [-0.4, -0.2) is 24.6 Å². The van der Waals surface area contributed by atoms with Crippen molar-refractivity contribution in [3.8, 4) is 0 Å². The third kappa shape index (κ3) is 2.77. The maximum Gasteiger partial charge on any atom is 0.313 e. The highest BCUT2D eigenvalue weighted by molar-refractivity contribution is 5.82. The Kier molecular flexibility index (Phi) is 3.19. The fraction of sp³-hybridized carbons (Fsp3) is 0.867. The average molecular weight is 268 g/mol. The monoisotopic (exact) mass is 268 g/mol. The first-order valence-corrected chi connectivity index (χ1v) is 6.93. The highest BCUT2D eigenvalue weighted by Crippen LogP contribution is 2.68. The first kappa shape index (κ1) is 14.4. The summed E-state index contributed by atoms with van der Waals surface area (Å²) in [7, 11) is 0. The number of rotatable bonds is 3. The summed E-state index contributed by atoms with van der Waals surface area (Å²) in [5.74, 6) is -0.437. The average Bonchev–Trinajstić information content (AvgIpc) is 2.56. The Bertz CT molecular complexity index is 405. The highest BCUT2D eigenvalue weighted by atomic mass is 16.6. The zero-order chi connectivity index (χ0) is 14.5. The molecule has 2 unspecified atom stereocenters. The molecule has 1 saturated heterocycles. The van der Waals surface area contributed by atoms with E-state index >= 15 is 0 Å². The molecule has 0 spiro atoms. The fourth-order valence-corrected chi connectivity index (χ4v) is 3.17. The van der Waals surface area contributed by atoms with E-state index in [2.05, 4.69) is 34.6 Å². The van der Waals surface area contributed by atoms with Crippen LogP contribution < -0.4 is 0 Å². The smallest absolute Gasteiger partial charge is 0.313 e. The molecule has 19 heavy (non-hydrogen) atoms. The summed E-state index contributed by atoms with van der Waals surface area (Å²) in [6.45, 7) is 10.8. The minimum absolute atomic E-state index is 0.0131. The SMILES string of the molecule is CC(C)(C)CC1(C(=O)OC2COC(=O)C2)CC1(C)C. The molecule has 0 aromatic rings. The molecule has 0 aromatic carbocycles. The maximum atomic E-state index is 12.5. The Morgan fingerprint density at radius 2 is 2.00 bits per heavy atom. The van der Waals surface area contributed by atoms with E-state index < -0.39 is 11.5 Å². The first-order chi connectivity index (χ1) is 8.56. The van der Waals surface area contributed by atoms with Crippen molar-refractivity contribution >= 4 is 11.9 Å². The van der Waals surface area contributed by atoms with Crippen LogP contribution >= 0.6 is 0 Å². The van der Waals surface area contributed by atoms with Crippen LogP contribution in [-0.2, 0) is 19.1 Å². The molecule has 108 valence electrons. The van der Waals surface area contributed by atoms with Crippen LogP contribution in [0.3, 0.4) is 0 Å². The van der Waals surface area contributed by atoms with Crippen molar-refractivity contribution in [3.05, 3.63) is 0 Å². The summed E-state index contributed by atoms with van der Waals surface area (Å²) in [5.41, 5.74) is -0.327. The zero-order valence-electron chi connectivity index (χ0n) is 12.5. The van der Waals surface area contributed by atoms with Crippen molar-refractivity contribution < 1.29 is 19.1 Å². The van der Waals surface area contributed by atoms with Gasteiger partial charge < -0.3 is 9.47 Å². The summed E-state index contributed by atoms with van der Waals surface area (Å²) >= 11 is 0. The number of carbonyl (C=O) groups is 2. The number of ether oxygens (including phenoxy) is 2. The lowest BCUT2D eigenvalue weighted by molar-refractivity contribution is -0.158. The van der Waals surface area contributed by atoms with Crippen LogP contribution in [0.1, 0.15) is 53.9 Å². The third-order valence-corrected chi connectivity index (χ3v) is 4.24. The molecule has 1 aliphatic carbocycles. The molecular weight excluding hydrogens is 244 g/mol. The minimum atomic E-state index is -0.395. The van der Waals surface area contributed by atoms with Gasteiger partial charge in [0.25, 0.3) is 0 Å². The van der Waals surface area contributed by atoms with E-state index in [0.717, 1.165) is 12.8 Å². The van der Waals surface area contributed by atoms with Gasteiger partial charge in [0.1, 0.15) is 12.7 Å². The lowest BCUT2D eigenvalue weighted by Gasteiger charge is -2.28. The number of hydrogen-bond donors (Lipinski definition) is 0. The minimum Gasteiger partial charge on any atom is -0.462 e. The molecule has 0 radical (unpaired) electrons. The first-order valence-electron chi connectivity index (χ1n) is 6.93. The molecular formula is C15H24O4. The quantitative estimate of drug-likeness (QED) is 0.738. The van der Waals surface area contributed by atoms with E-state index in [1.54, 1.807) is 0 Å². The van der Waals surface area contributed by atoms with Gasteiger partial charge in [-0.3, -0.25) is 9.59 Å². The molecule has 0 N–H and O–H groups in total. The van der Waals surface area contributed by atoms with E-state index in [0.29, 0.717) is 0 Å². The van der Waals surface area contributed by atoms with E-state index in [-0.39, 0.29) is 35.8 Å². The lowest BCUT2D eigenvalue weighted by atomic mass is 9.79. The normalized spacial score (nSPS) is 32.9. The second-order valence-corrected chi connectivity index (χ2v) is 7.79. The predicted molar refractivity (Wildman–Crippen MR) is 70.4 cm³/mol. The van der Waals surface area contributed by atoms with Gasteiger partial charge in [0.05, 0.1) is 11.8 Å². The third-order valence-electron chi connectivity index (χ3n) is 4.24. The standard InChI is InChI=1S/C15H24O4/c1-13(2,3)8-15(9-14(15,4)5)12(17)19-10-6-11(16)18-7-10/h10H,6-9H2,1-5H3. The van der Waals surface area contributed by atoms with Gasteiger partial charge >= 0.3 is 11.9 Å². The molecule has 4 nitrogen and oxygen atoms in total. The van der Waals surface area contributed by atoms with Crippen molar-refractivity contribution in [1.82, 2.24) is 0 Å². The zero-order valence-corrected chi connectivity index (χ0v) is 12.5. The van der Waals surface area contributed by atoms with Crippen molar-refractivity contribution in [2.45, 2.75) is 60.0 Å². The van der Waals surface area contributed by atoms with Gasteiger partial charge in [-0.25, -0.2) is 0 Å². The Morgan fingerprint density at radius 1 is 1.42 bits per heavy atom. The Morgan fingerprint density at radius 3 is 2.37 bits per heavy atom. The van der Waals surface area contributed by atoms with Crippen molar-refractivity contribution in [2.75, 3.05) is 6.61 Å². The largest absolute Gasteiger partial charge is 0.462 e. The summed E-state index contributed by atoms with van der Waals surface area (Å²) in [5, 5.41) is 0. The summed E-state index contributed by atoms with van der Waals surface area (Å²) in [6.07, 6.45) is 1.47. The molecule has 1 heterocycles. The number of cyclic esters (lactones) is 1. The molecule has 2 atom stereocenters. The summed E-state index contributed by atoms with van der Waals surface area (Å²) < 4.78 is 10.3. The molecule has 2 rings (SSSR count). The van der Waals surface area contributed by atoms with Gasteiger partial charge in [-0.05, 0) is 23.7 Å². The van der Waals surface area contributed by atoms with Crippen LogP contribution in [0.5, 0.6) is 0 Å². The maximum absolute atomic E-state index is 12.5. The van der Waals surface area contributed by atoms with Crippen molar-refractivity contribution in [3.63, 3.8) is 0 Å². The van der Waals surface area contributed by atoms with E-state index in [9.17, 15) is 9.59 Å². The lowest BCUT2D eigenvalue weighted by Crippen LogP contribution is -2.32. The summed E-state index contributed by atoms with van der Waals surface area (Å²) in [4.78, 5) is 23.5. The number of esters is 2. The van der Waals surface area contributed by atoms with Gasteiger partial charge in [0.2, 0.25) is 0 Å². The van der Waals surface area contributed by atoms with Crippen LogP contribution in [0.2, 0.25) is 0 Å². The summed E-state index contributed by atoms with van der Waals surface area (Å²) in [6, 6.07) is 0. The molecule has 1 aliphatic heterocycles. The molecule has 0 bridgehead atoms. The van der Waals surface area contributed by atoms with Crippen LogP contribution in [0.25, 0.3) is 0 Å².